The lowest BCUT2D eigenvalue weighted by atomic mass is 9.95. The van der Waals surface area contributed by atoms with Crippen molar-refractivity contribution in [3.63, 3.8) is 0 Å². The van der Waals surface area contributed by atoms with E-state index in [-0.39, 0.29) is 0 Å². The molecule has 0 radical (unpaired) electrons. The third-order valence-electron chi connectivity index (χ3n) is 10.8. The lowest BCUT2D eigenvalue weighted by molar-refractivity contribution is 1.18. The van der Waals surface area contributed by atoms with E-state index in [0.717, 1.165) is 22.6 Å². The van der Waals surface area contributed by atoms with E-state index in [0.29, 0.717) is 0 Å². The molecule has 0 saturated heterocycles. The second-order valence-corrected chi connectivity index (χ2v) is 14.1. The van der Waals surface area contributed by atoms with Crippen molar-refractivity contribution in [3.8, 4) is 50.2 Å². The summed E-state index contributed by atoms with van der Waals surface area (Å²) in [5, 5.41) is 2.50. The fourth-order valence-electron chi connectivity index (χ4n) is 8.16. The first-order valence-electron chi connectivity index (χ1n) is 19.2. The zero-order valence-corrected chi connectivity index (χ0v) is 30.8. The molecule has 2 heteroatoms. The molecule has 0 spiro atoms. The molecule has 56 heavy (non-hydrogen) atoms. The molecule has 2 nitrogen and oxygen atoms in total. The van der Waals surface area contributed by atoms with Gasteiger partial charge in [-0.05, 0) is 81.9 Å². The van der Waals surface area contributed by atoms with Crippen molar-refractivity contribution >= 4 is 38.9 Å². The largest absolute Gasteiger partial charge is 0.310 e. The summed E-state index contributed by atoms with van der Waals surface area (Å²) >= 11 is 0. The van der Waals surface area contributed by atoms with E-state index in [1.165, 1.54) is 66.4 Å². The van der Waals surface area contributed by atoms with Gasteiger partial charge in [-0.25, -0.2) is 0 Å². The van der Waals surface area contributed by atoms with Crippen molar-refractivity contribution in [2.45, 2.75) is 0 Å². The van der Waals surface area contributed by atoms with Gasteiger partial charge in [0, 0.05) is 39.0 Å². The molecule has 9 aromatic carbocycles. The van der Waals surface area contributed by atoms with E-state index in [9.17, 15) is 0 Å². The van der Waals surface area contributed by atoms with Crippen LogP contribution in [0, 0.1) is 0 Å². The van der Waals surface area contributed by atoms with Crippen LogP contribution in [0.1, 0.15) is 0 Å². The third kappa shape index (κ3) is 6.04. The van der Waals surface area contributed by atoms with Crippen LogP contribution in [0.5, 0.6) is 0 Å². The SMILES string of the molecule is c1ccc(-c2ccc(-c3cccc(N(c4ccccc4)c4ccc(-c5cccc(-c6ccccc6)c5-n5c6ccccc6c6ccccc65)cc4)c3)cc2)cc1. The van der Waals surface area contributed by atoms with Gasteiger partial charge in [-0.3, -0.25) is 0 Å². The van der Waals surface area contributed by atoms with Gasteiger partial charge in [-0.15, -0.1) is 0 Å². The maximum Gasteiger partial charge on any atom is 0.0618 e. The highest BCUT2D eigenvalue weighted by Gasteiger charge is 2.20. The lowest BCUT2D eigenvalue weighted by Crippen LogP contribution is -2.10. The summed E-state index contributed by atoms with van der Waals surface area (Å²) in [5.41, 5.74) is 16.4. The second kappa shape index (κ2) is 14.4. The Morgan fingerprint density at radius 3 is 1.27 bits per heavy atom. The van der Waals surface area contributed by atoms with Gasteiger partial charge >= 0.3 is 0 Å². The van der Waals surface area contributed by atoms with Crippen molar-refractivity contribution in [2.24, 2.45) is 0 Å². The molecule has 0 bridgehead atoms. The van der Waals surface area contributed by atoms with Crippen LogP contribution in [0.15, 0.2) is 231 Å². The van der Waals surface area contributed by atoms with Crippen molar-refractivity contribution in [2.75, 3.05) is 4.90 Å². The van der Waals surface area contributed by atoms with E-state index >= 15 is 0 Å². The van der Waals surface area contributed by atoms with Crippen LogP contribution in [0.2, 0.25) is 0 Å². The van der Waals surface area contributed by atoms with Crippen molar-refractivity contribution in [3.05, 3.63) is 231 Å². The average molecular weight is 715 g/mol. The van der Waals surface area contributed by atoms with Crippen LogP contribution in [0.25, 0.3) is 72.0 Å². The first-order valence-corrected chi connectivity index (χ1v) is 19.2. The normalized spacial score (nSPS) is 11.2. The fourth-order valence-corrected chi connectivity index (χ4v) is 8.16. The molecule has 0 N–H and O–H groups in total. The predicted molar refractivity (Wildman–Crippen MR) is 237 cm³/mol. The zero-order valence-electron chi connectivity index (χ0n) is 30.8. The number of hydrogen-bond donors (Lipinski definition) is 0. The minimum absolute atomic E-state index is 1.09. The van der Waals surface area contributed by atoms with Crippen LogP contribution in [0.3, 0.4) is 0 Å². The molecule has 1 aromatic heterocycles. The average Bonchev–Trinajstić information content (AvgIpc) is 3.62. The first kappa shape index (κ1) is 33.2. The number of hydrogen-bond acceptors (Lipinski definition) is 1. The van der Waals surface area contributed by atoms with Gasteiger partial charge in [0.1, 0.15) is 0 Å². The second-order valence-electron chi connectivity index (χ2n) is 14.1. The third-order valence-corrected chi connectivity index (χ3v) is 10.8. The topological polar surface area (TPSA) is 8.17 Å². The molecule has 10 aromatic rings. The van der Waals surface area contributed by atoms with Crippen LogP contribution >= 0.6 is 0 Å². The number of rotatable bonds is 8. The van der Waals surface area contributed by atoms with Gasteiger partial charge < -0.3 is 9.47 Å². The van der Waals surface area contributed by atoms with E-state index in [1.54, 1.807) is 0 Å². The van der Waals surface area contributed by atoms with Crippen LogP contribution in [-0.2, 0) is 0 Å². The van der Waals surface area contributed by atoms with Crippen molar-refractivity contribution in [1.82, 2.24) is 4.57 Å². The Labute approximate surface area is 327 Å². The minimum Gasteiger partial charge on any atom is -0.310 e. The summed E-state index contributed by atoms with van der Waals surface area (Å²) in [4.78, 5) is 2.35. The Balaban J connectivity index is 1.09. The standard InChI is InChI=1S/C54H38N2/c1-4-16-39(17-5-1)40-30-32-41(33-31-40)44-20-14-23-47(38-44)55(45-21-8-3-9-22-45)46-36-34-43(35-37-46)49-27-15-26-48(42-18-6-2-7-19-42)54(49)56-52-28-12-10-24-50(52)51-25-11-13-29-53(51)56/h1-38H. The maximum atomic E-state index is 2.46. The summed E-state index contributed by atoms with van der Waals surface area (Å²) in [6.07, 6.45) is 0. The number of aromatic nitrogens is 1. The number of anilines is 3. The molecule has 0 aliphatic rings. The molecular formula is C54H38N2. The molecule has 0 unspecified atom stereocenters. The Bertz CT molecular complexity index is 2870. The number of nitrogens with zero attached hydrogens (tertiary/aromatic N) is 2. The van der Waals surface area contributed by atoms with Gasteiger partial charge in [0.15, 0.2) is 0 Å². The Kier molecular flexibility index (Phi) is 8.55. The van der Waals surface area contributed by atoms with Crippen molar-refractivity contribution in [1.29, 1.82) is 0 Å². The van der Waals surface area contributed by atoms with Crippen LogP contribution in [0.4, 0.5) is 17.1 Å². The minimum atomic E-state index is 1.09. The highest BCUT2D eigenvalue weighted by Crippen LogP contribution is 2.43. The maximum absolute atomic E-state index is 2.46. The number of fused-ring (bicyclic) bond motifs is 3. The van der Waals surface area contributed by atoms with Gasteiger partial charge in [-0.1, -0.05) is 182 Å². The van der Waals surface area contributed by atoms with E-state index in [2.05, 4.69) is 240 Å². The molecule has 264 valence electrons. The highest BCUT2D eigenvalue weighted by molar-refractivity contribution is 6.10. The molecule has 0 aliphatic heterocycles. The molecule has 0 fully saturated rings. The Morgan fingerprint density at radius 1 is 0.268 bits per heavy atom. The quantitative estimate of drug-likeness (QED) is 0.152. The smallest absolute Gasteiger partial charge is 0.0618 e. The highest BCUT2D eigenvalue weighted by atomic mass is 15.1. The van der Waals surface area contributed by atoms with Crippen LogP contribution in [-0.4, -0.2) is 4.57 Å². The summed E-state index contributed by atoms with van der Waals surface area (Å²) in [7, 11) is 0. The van der Waals surface area contributed by atoms with Crippen LogP contribution < -0.4 is 4.90 Å². The fraction of sp³-hybridized carbons (Fsp3) is 0. The summed E-state index contributed by atoms with van der Waals surface area (Å²) in [5.74, 6) is 0. The number of para-hydroxylation sites is 4. The van der Waals surface area contributed by atoms with Gasteiger partial charge in [-0.2, -0.15) is 0 Å². The van der Waals surface area contributed by atoms with E-state index < -0.39 is 0 Å². The van der Waals surface area contributed by atoms with Gasteiger partial charge in [0.05, 0.1) is 16.7 Å². The summed E-state index contributed by atoms with van der Waals surface area (Å²) in [6, 6.07) is 83.0. The molecule has 0 aliphatic carbocycles. The molecule has 0 atom stereocenters. The Hall–Kier alpha value is -7.42. The van der Waals surface area contributed by atoms with E-state index in [4.69, 9.17) is 0 Å². The molecule has 0 saturated carbocycles. The van der Waals surface area contributed by atoms with Gasteiger partial charge in [0.2, 0.25) is 0 Å². The lowest BCUT2D eigenvalue weighted by Gasteiger charge is -2.26. The predicted octanol–water partition coefficient (Wildman–Crippen LogP) is 14.9. The summed E-state index contributed by atoms with van der Waals surface area (Å²) in [6.45, 7) is 0. The molecule has 0 amide bonds. The van der Waals surface area contributed by atoms with Crippen molar-refractivity contribution < 1.29 is 0 Å². The van der Waals surface area contributed by atoms with E-state index in [1.807, 2.05) is 0 Å². The molecule has 10 rings (SSSR count). The summed E-state index contributed by atoms with van der Waals surface area (Å²) < 4.78 is 2.46. The van der Waals surface area contributed by atoms with Gasteiger partial charge in [0.25, 0.3) is 0 Å². The first-order chi connectivity index (χ1) is 27.8. The molecular weight excluding hydrogens is 677 g/mol. The molecule has 1 heterocycles. The number of benzene rings is 9. The Morgan fingerprint density at radius 2 is 0.661 bits per heavy atom. The zero-order chi connectivity index (χ0) is 37.3. The monoisotopic (exact) mass is 714 g/mol.